The second kappa shape index (κ2) is 5.05. The number of nitrogens with zero attached hydrogens (tertiary/aromatic N) is 1. The van der Waals surface area contributed by atoms with Crippen molar-refractivity contribution in [1.82, 2.24) is 5.32 Å². The number of nitro groups is 1. The first-order chi connectivity index (χ1) is 11.0. The number of benzene rings is 1. The molecule has 0 heterocycles. The van der Waals surface area contributed by atoms with Gasteiger partial charge in [-0.2, -0.15) is 0 Å². The largest absolute Gasteiger partial charge is 0.346 e. The summed E-state index contributed by atoms with van der Waals surface area (Å²) in [5, 5.41) is 14.6. The first kappa shape index (κ1) is 14.7. The van der Waals surface area contributed by atoms with Crippen LogP contribution in [-0.2, 0) is 0 Å². The molecule has 5 nitrogen and oxygen atoms in total. The van der Waals surface area contributed by atoms with Crippen LogP contribution < -0.4 is 5.32 Å². The topological polar surface area (TPSA) is 72.2 Å². The molecule has 0 radical (unpaired) electrons. The predicted octanol–water partition coefficient (Wildman–Crippen LogP) is 3.60. The number of para-hydroxylation sites is 1. The van der Waals surface area contributed by atoms with E-state index in [0.717, 1.165) is 37.0 Å². The van der Waals surface area contributed by atoms with Crippen molar-refractivity contribution in [2.45, 2.75) is 51.0 Å². The lowest BCUT2D eigenvalue weighted by Gasteiger charge is -2.56. The first-order valence-electron chi connectivity index (χ1n) is 8.52. The number of nitrogens with one attached hydrogen (secondary N) is 1. The van der Waals surface area contributed by atoms with E-state index in [1.54, 1.807) is 25.1 Å². The summed E-state index contributed by atoms with van der Waals surface area (Å²) in [5.74, 6) is 1.92. The molecule has 0 spiro atoms. The summed E-state index contributed by atoms with van der Waals surface area (Å²) >= 11 is 0. The van der Waals surface area contributed by atoms with Gasteiger partial charge in [-0.1, -0.05) is 12.1 Å². The fraction of sp³-hybridized carbons (Fsp3) is 0.611. The summed E-state index contributed by atoms with van der Waals surface area (Å²) < 4.78 is 0. The predicted molar refractivity (Wildman–Crippen MR) is 86.2 cm³/mol. The molecule has 0 saturated heterocycles. The summed E-state index contributed by atoms with van der Waals surface area (Å²) in [5.41, 5.74) is 0.553. The van der Waals surface area contributed by atoms with Crippen molar-refractivity contribution < 1.29 is 9.72 Å². The van der Waals surface area contributed by atoms with Crippen molar-refractivity contribution in [2.75, 3.05) is 0 Å². The highest BCUT2D eigenvalue weighted by molar-refractivity contribution is 5.99. The molecule has 4 saturated carbocycles. The quantitative estimate of drug-likeness (QED) is 0.684. The number of carbonyl (C=O) groups is 1. The van der Waals surface area contributed by atoms with Gasteiger partial charge in [-0.15, -0.1) is 0 Å². The van der Waals surface area contributed by atoms with E-state index in [0.29, 0.717) is 5.56 Å². The van der Waals surface area contributed by atoms with Crippen LogP contribution in [0.4, 0.5) is 5.69 Å². The Morgan fingerprint density at radius 2 is 1.74 bits per heavy atom. The molecule has 1 aromatic rings. The maximum Gasteiger partial charge on any atom is 0.285 e. The Morgan fingerprint density at radius 1 is 1.17 bits per heavy atom. The zero-order valence-corrected chi connectivity index (χ0v) is 13.4. The molecule has 23 heavy (non-hydrogen) atoms. The number of hydrogen-bond acceptors (Lipinski definition) is 3. The van der Waals surface area contributed by atoms with Crippen LogP contribution in [-0.4, -0.2) is 16.4 Å². The van der Waals surface area contributed by atoms with Crippen molar-refractivity contribution in [3.05, 3.63) is 39.4 Å². The van der Waals surface area contributed by atoms with Gasteiger partial charge in [0, 0.05) is 11.1 Å². The van der Waals surface area contributed by atoms with Gasteiger partial charge < -0.3 is 5.32 Å². The van der Waals surface area contributed by atoms with Crippen molar-refractivity contribution in [3.63, 3.8) is 0 Å². The molecule has 0 aliphatic heterocycles. The van der Waals surface area contributed by atoms with Gasteiger partial charge in [-0.25, -0.2) is 0 Å². The standard InChI is InChI=1S/C18H22N2O3/c1-11-3-2-4-15(16(11)20(22)23)17(21)19-18-8-12-5-13(9-18)7-14(6-12)10-18/h2-4,12-14H,5-10H2,1H3,(H,19,21). The molecule has 122 valence electrons. The van der Waals surface area contributed by atoms with Gasteiger partial charge in [0.15, 0.2) is 0 Å². The molecule has 4 fully saturated rings. The Hall–Kier alpha value is -1.91. The van der Waals surface area contributed by atoms with E-state index in [4.69, 9.17) is 0 Å². The molecule has 4 bridgehead atoms. The zero-order valence-electron chi connectivity index (χ0n) is 13.4. The highest BCUT2D eigenvalue weighted by Gasteiger charge is 2.51. The van der Waals surface area contributed by atoms with Gasteiger partial charge in [0.25, 0.3) is 11.6 Å². The fourth-order valence-electron chi connectivity index (χ4n) is 5.66. The van der Waals surface area contributed by atoms with Crippen molar-refractivity contribution >= 4 is 11.6 Å². The molecular formula is C18H22N2O3. The number of rotatable bonds is 3. The zero-order chi connectivity index (χ0) is 16.2. The van der Waals surface area contributed by atoms with E-state index in [1.807, 2.05) is 0 Å². The van der Waals surface area contributed by atoms with Crippen molar-refractivity contribution in [2.24, 2.45) is 17.8 Å². The third-order valence-corrected chi connectivity index (χ3v) is 6.08. The van der Waals surface area contributed by atoms with E-state index < -0.39 is 4.92 Å². The van der Waals surface area contributed by atoms with E-state index >= 15 is 0 Å². The van der Waals surface area contributed by atoms with Gasteiger partial charge in [0.05, 0.1) is 4.92 Å². The summed E-state index contributed by atoms with van der Waals surface area (Å²) in [6.07, 6.45) is 7.05. The van der Waals surface area contributed by atoms with E-state index in [2.05, 4.69) is 5.32 Å². The molecule has 0 unspecified atom stereocenters. The molecule has 0 atom stereocenters. The number of amides is 1. The molecular weight excluding hydrogens is 292 g/mol. The molecule has 0 aromatic heterocycles. The van der Waals surface area contributed by atoms with Crippen molar-refractivity contribution in [3.8, 4) is 0 Å². The summed E-state index contributed by atoms with van der Waals surface area (Å²) in [4.78, 5) is 23.7. The molecule has 1 amide bonds. The Morgan fingerprint density at radius 3 is 2.26 bits per heavy atom. The lowest BCUT2D eigenvalue weighted by molar-refractivity contribution is -0.385. The lowest BCUT2D eigenvalue weighted by Crippen LogP contribution is -2.59. The van der Waals surface area contributed by atoms with Crippen LogP contribution in [0.1, 0.15) is 54.4 Å². The van der Waals surface area contributed by atoms with Crippen LogP contribution in [0.25, 0.3) is 0 Å². The van der Waals surface area contributed by atoms with Crippen molar-refractivity contribution in [1.29, 1.82) is 0 Å². The molecule has 1 N–H and O–H groups in total. The van der Waals surface area contributed by atoms with Gasteiger partial charge in [-0.3, -0.25) is 14.9 Å². The number of aryl methyl sites for hydroxylation is 1. The fourth-order valence-corrected chi connectivity index (χ4v) is 5.66. The molecule has 4 aliphatic carbocycles. The van der Waals surface area contributed by atoms with Crippen LogP contribution in [0, 0.1) is 34.8 Å². The highest BCUT2D eigenvalue weighted by Crippen LogP contribution is 2.55. The number of hydrogen-bond donors (Lipinski definition) is 1. The van der Waals surface area contributed by atoms with Gasteiger partial charge in [0.1, 0.15) is 5.56 Å². The maximum absolute atomic E-state index is 12.8. The molecule has 5 rings (SSSR count). The minimum Gasteiger partial charge on any atom is -0.346 e. The Balaban J connectivity index is 1.62. The summed E-state index contributed by atoms with van der Waals surface area (Å²) in [6, 6.07) is 4.97. The first-order valence-corrected chi connectivity index (χ1v) is 8.52. The Kier molecular flexibility index (Phi) is 3.22. The highest BCUT2D eigenvalue weighted by atomic mass is 16.6. The second-order valence-electron chi connectivity index (χ2n) is 7.88. The Bertz CT molecular complexity index is 648. The van der Waals surface area contributed by atoms with Gasteiger partial charge >= 0.3 is 0 Å². The smallest absolute Gasteiger partial charge is 0.285 e. The average molecular weight is 314 g/mol. The normalized spacial score (nSPS) is 34.4. The molecule has 1 aromatic carbocycles. The third kappa shape index (κ3) is 2.42. The SMILES string of the molecule is Cc1cccc(C(=O)NC23CC4CC(CC(C4)C2)C3)c1[N+](=O)[O-]. The summed E-state index contributed by atoms with van der Waals surface area (Å²) in [7, 11) is 0. The lowest BCUT2D eigenvalue weighted by atomic mass is 9.53. The second-order valence-corrected chi connectivity index (χ2v) is 7.88. The minimum atomic E-state index is -0.441. The van der Waals surface area contributed by atoms with Crippen LogP contribution in [0.3, 0.4) is 0 Å². The Labute approximate surface area is 135 Å². The molecule has 4 aliphatic rings. The van der Waals surface area contributed by atoms with Gasteiger partial charge in [-0.05, 0) is 69.3 Å². The van der Waals surface area contributed by atoms with Crippen LogP contribution in [0.2, 0.25) is 0 Å². The molecule has 5 heteroatoms. The summed E-state index contributed by atoms with van der Waals surface area (Å²) in [6.45, 7) is 1.68. The van der Waals surface area contributed by atoms with E-state index in [-0.39, 0.29) is 22.7 Å². The van der Waals surface area contributed by atoms with Crippen LogP contribution >= 0.6 is 0 Å². The minimum absolute atomic E-state index is 0.0604. The van der Waals surface area contributed by atoms with E-state index in [1.165, 1.54) is 19.3 Å². The maximum atomic E-state index is 12.8. The monoisotopic (exact) mass is 314 g/mol. The third-order valence-electron chi connectivity index (χ3n) is 6.08. The number of nitro benzene ring substituents is 1. The van der Waals surface area contributed by atoms with Crippen LogP contribution in [0.5, 0.6) is 0 Å². The van der Waals surface area contributed by atoms with Crippen LogP contribution in [0.15, 0.2) is 18.2 Å². The average Bonchev–Trinajstić information content (AvgIpc) is 2.44. The number of carbonyl (C=O) groups excluding carboxylic acids is 1. The van der Waals surface area contributed by atoms with Gasteiger partial charge in [0.2, 0.25) is 0 Å². The van der Waals surface area contributed by atoms with E-state index in [9.17, 15) is 14.9 Å².